The number of aromatic nitrogens is 2. The fourth-order valence-electron chi connectivity index (χ4n) is 2.05. The molecule has 0 radical (unpaired) electrons. The van der Waals surface area contributed by atoms with Crippen LogP contribution in [0.5, 0.6) is 0 Å². The molecule has 1 aliphatic carbocycles. The number of hydrogen-bond acceptors (Lipinski definition) is 5. The molecule has 1 aromatic rings. The summed E-state index contributed by atoms with van der Waals surface area (Å²) in [5.74, 6) is 0.157. The molecule has 1 fully saturated rings. The first-order valence-electron chi connectivity index (χ1n) is 6.50. The van der Waals surface area contributed by atoms with Crippen molar-refractivity contribution in [1.29, 1.82) is 0 Å². The van der Waals surface area contributed by atoms with Gasteiger partial charge in [0.15, 0.2) is 0 Å². The van der Waals surface area contributed by atoms with Gasteiger partial charge < -0.3 is 16.2 Å². The highest BCUT2D eigenvalue weighted by molar-refractivity contribution is 5.60. The van der Waals surface area contributed by atoms with E-state index in [2.05, 4.69) is 10.3 Å². The van der Waals surface area contributed by atoms with Gasteiger partial charge in [0, 0.05) is 18.5 Å². The smallest absolute Gasteiger partial charge is 0.330 e. The van der Waals surface area contributed by atoms with E-state index in [4.69, 9.17) is 5.73 Å². The maximum Gasteiger partial charge on any atom is 0.330 e. The summed E-state index contributed by atoms with van der Waals surface area (Å²) in [6, 6.07) is 0. The Morgan fingerprint density at radius 2 is 2.16 bits per heavy atom. The van der Waals surface area contributed by atoms with Crippen molar-refractivity contribution in [2.45, 2.75) is 32.7 Å². The van der Waals surface area contributed by atoms with Crippen molar-refractivity contribution in [2.75, 3.05) is 24.2 Å². The van der Waals surface area contributed by atoms with Crippen molar-refractivity contribution in [3.63, 3.8) is 0 Å². The number of nitrogens with one attached hydrogen (secondary N) is 2. The molecule has 0 aromatic carbocycles. The van der Waals surface area contributed by atoms with Gasteiger partial charge in [-0.25, -0.2) is 4.79 Å². The van der Waals surface area contributed by atoms with E-state index in [-0.39, 0.29) is 23.5 Å². The van der Waals surface area contributed by atoms with Crippen LogP contribution < -0.4 is 22.3 Å². The highest BCUT2D eigenvalue weighted by atomic mass is 16.3. The van der Waals surface area contributed by atoms with Crippen LogP contribution in [0.3, 0.4) is 0 Å². The van der Waals surface area contributed by atoms with Crippen molar-refractivity contribution < 1.29 is 5.11 Å². The number of anilines is 2. The molecule has 7 heteroatoms. The molecule has 0 atom stereocenters. The highest BCUT2D eigenvalue weighted by Crippen LogP contribution is 2.44. The standard InChI is InChI=1S/C12H20N4O3/c1-2-5-16-9(13)8(10(18)15-11(16)19)14-6-12(7-17)3-4-12/h14,17H,2-7,13H2,1H3,(H,15,18,19). The van der Waals surface area contributed by atoms with Crippen LogP contribution >= 0.6 is 0 Å². The summed E-state index contributed by atoms with van der Waals surface area (Å²) in [5, 5.41) is 12.2. The third-order valence-electron chi connectivity index (χ3n) is 3.62. The molecule has 0 saturated heterocycles. The molecule has 1 aliphatic rings. The number of H-pyrrole nitrogens is 1. The van der Waals surface area contributed by atoms with E-state index in [1.165, 1.54) is 4.57 Å². The van der Waals surface area contributed by atoms with Gasteiger partial charge in [-0.05, 0) is 19.3 Å². The Bertz CT molecular complexity index is 571. The monoisotopic (exact) mass is 268 g/mol. The SMILES string of the molecule is CCCn1c(N)c(NCC2(CO)CC2)c(=O)[nH]c1=O. The summed E-state index contributed by atoms with van der Waals surface area (Å²) in [6.45, 7) is 2.96. The van der Waals surface area contributed by atoms with Gasteiger partial charge in [0.2, 0.25) is 0 Å². The van der Waals surface area contributed by atoms with Gasteiger partial charge in [-0.3, -0.25) is 14.3 Å². The largest absolute Gasteiger partial charge is 0.396 e. The highest BCUT2D eigenvalue weighted by Gasteiger charge is 2.41. The minimum absolute atomic E-state index is 0.0897. The third kappa shape index (κ3) is 2.65. The lowest BCUT2D eigenvalue weighted by Crippen LogP contribution is -2.35. The molecule has 106 valence electrons. The Kier molecular flexibility index (Phi) is 3.66. The van der Waals surface area contributed by atoms with Crippen LogP contribution in [0.2, 0.25) is 0 Å². The Morgan fingerprint density at radius 1 is 1.47 bits per heavy atom. The average molecular weight is 268 g/mol. The molecule has 0 unspecified atom stereocenters. The van der Waals surface area contributed by atoms with Crippen molar-refractivity contribution in [2.24, 2.45) is 5.41 Å². The van der Waals surface area contributed by atoms with E-state index >= 15 is 0 Å². The predicted octanol–water partition coefficient (Wildman–Crippen LogP) is -0.287. The zero-order valence-corrected chi connectivity index (χ0v) is 11.0. The van der Waals surface area contributed by atoms with Gasteiger partial charge in [-0.2, -0.15) is 0 Å². The lowest BCUT2D eigenvalue weighted by atomic mass is 10.1. The number of nitrogen functional groups attached to an aromatic ring is 1. The lowest BCUT2D eigenvalue weighted by Gasteiger charge is -2.16. The van der Waals surface area contributed by atoms with Gasteiger partial charge in [-0.1, -0.05) is 6.92 Å². The van der Waals surface area contributed by atoms with E-state index in [1.54, 1.807) is 0 Å². The van der Waals surface area contributed by atoms with Crippen LogP contribution in [0.1, 0.15) is 26.2 Å². The van der Waals surface area contributed by atoms with Gasteiger partial charge in [0.1, 0.15) is 11.5 Å². The van der Waals surface area contributed by atoms with Gasteiger partial charge in [-0.15, -0.1) is 0 Å². The number of aliphatic hydroxyl groups excluding tert-OH is 1. The molecule has 0 aliphatic heterocycles. The molecule has 5 N–H and O–H groups in total. The Morgan fingerprint density at radius 3 is 2.68 bits per heavy atom. The summed E-state index contributed by atoms with van der Waals surface area (Å²) in [7, 11) is 0. The molecule has 1 heterocycles. The van der Waals surface area contributed by atoms with E-state index in [0.717, 1.165) is 19.3 Å². The fraction of sp³-hybridized carbons (Fsp3) is 0.667. The molecule has 1 aromatic heterocycles. The molecule has 1 saturated carbocycles. The molecular weight excluding hydrogens is 248 g/mol. The summed E-state index contributed by atoms with van der Waals surface area (Å²) in [6.07, 6.45) is 2.61. The number of aromatic amines is 1. The second kappa shape index (κ2) is 5.08. The zero-order chi connectivity index (χ0) is 14.0. The van der Waals surface area contributed by atoms with E-state index < -0.39 is 11.2 Å². The molecule has 2 rings (SSSR count). The molecule has 19 heavy (non-hydrogen) atoms. The van der Waals surface area contributed by atoms with E-state index in [9.17, 15) is 14.7 Å². The summed E-state index contributed by atoms with van der Waals surface area (Å²) in [4.78, 5) is 25.7. The maximum absolute atomic E-state index is 11.8. The quantitative estimate of drug-likeness (QED) is 0.566. The first-order valence-corrected chi connectivity index (χ1v) is 6.50. The first-order chi connectivity index (χ1) is 9.03. The first kappa shape index (κ1) is 13.7. The third-order valence-corrected chi connectivity index (χ3v) is 3.62. The van der Waals surface area contributed by atoms with E-state index in [0.29, 0.717) is 13.1 Å². The number of nitrogens with zero attached hydrogens (tertiary/aromatic N) is 1. The number of aliphatic hydroxyl groups is 1. The molecule has 0 spiro atoms. The van der Waals surface area contributed by atoms with Crippen molar-refractivity contribution in [3.8, 4) is 0 Å². The number of hydrogen-bond donors (Lipinski definition) is 4. The van der Waals surface area contributed by atoms with E-state index in [1.807, 2.05) is 6.92 Å². The second-order valence-corrected chi connectivity index (χ2v) is 5.18. The summed E-state index contributed by atoms with van der Waals surface area (Å²) >= 11 is 0. The average Bonchev–Trinajstić information content (AvgIpc) is 3.15. The van der Waals surface area contributed by atoms with Crippen LogP contribution in [0, 0.1) is 5.41 Å². The van der Waals surface area contributed by atoms with Crippen LogP contribution in [0.15, 0.2) is 9.59 Å². The second-order valence-electron chi connectivity index (χ2n) is 5.18. The van der Waals surface area contributed by atoms with Crippen LogP contribution in [-0.4, -0.2) is 27.8 Å². The minimum Gasteiger partial charge on any atom is -0.396 e. The molecule has 0 amide bonds. The summed E-state index contributed by atoms with van der Waals surface area (Å²) in [5.41, 5.74) is 4.96. The van der Waals surface area contributed by atoms with Crippen LogP contribution in [-0.2, 0) is 6.54 Å². The van der Waals surface area contributed by atoms with Crippen molar-refractivity contribution in [1.82, 2.24) is 9.55 Å². The lowest BCUT2D eigenvalue weighted by molar-refractivity contribution is 0.219. The van der Waals surface area contributed by atoms with Crippen LogP contribution in [0.4, 0.5) is 11.5 Å². The predicted molar refractivity (Wildman–Crippen MR) is 73.3 cm³/mol. The topological polar surface area (TPSA) is 113 Å². The van der Waals surface area contributed by atoms with Gasteiger partial charge >= 0.3 is 5.69 Å². The Hall–Kier alpha value is -1.76. The van der Waals surface area contributed by atoms with Gasteiger partial charge in [0.05, 0.1) is 6.61 Å². The molecular formula is C12H20N4O3. The van der Waals surface area contributed by atoms with Crippen LogP contribution in [0.25, 0.3) is 0 Å². The fourth-order valence-corrected chi connectivity index (χ4v) is 2.05. The Balaban J connectivity index is 2.27. The van der Waals surface area contributed by atoms with Gasteiger partial charge in [0.25, 0.3) is 5.56 Å². The normalized spacial score (nSPS) is 16.3. The number of rotatable bonds is 6. The maximum atomic E-state index is 11.8. The van der Waals surface area contributed by atoms with Crippen molar-refractivity contribution in [3.05, 3.63) is 20.8 Å². The minimum atomic E-state index is -0.511. The number of nitrogens with two attached hydrogens (primary N) is 1. The molecule has 0 bridgehead atoms. The summed E-state index contributed by atoms with van der Waals surface area (Å²) < 4.78 is 1.35. The molecule has 7 nitrogen and oxygen atoms in total. The van der Waals surface area contributed by atoms with Crippen molar-refractivity contribution >= 4 is 11.5 Å². The zero-order valence-electron chi connectivity index (χ0n) is 11.0. The Labute approximate surface area is 110 Å².